The lowest BCUT2D eigenvalue weighted by Crippen LogP contribution is -2.04. The van der Waals surface area contributed by atoms with Gasteiger partial charge in [-0.25, -0.2) is 4.39 Å². The first-order chi connectivity index (χ1) is 9.58. The lowest BCUT2D eigenvalue weighted by Gasteiger charge is -2.10. The number of carbonyl (C=O) groups excluding carboxylic acids is 1. The Morgan fingerprint density at radius 3 is 2.90 bits per heavy atom. The Bertz CT molecular complexity index is 662. The number of halogens is 2. The molecule has 104 valence electrons. The van der Waals surface area contributed by atoms with Gasteiger partial charge in [-0.05, 0) is 18.2 Å². The van der Waals surface area contributed by atoms with Crippen LogP contribution in [0.5, 0.6) is 0 Å². The van der Waals surface area contributed by atoms with Gasteiger partial charge in [0.05, 0.1) is 16.4 Å². The van der Waals surface area contributed by atoms with Gasteiger partial charge < -0.3 is 0 Å². The first-order valence-electron chi connectivity index (χ1n) is 5.96. The van der Waals surface area contributed by atoms with Crippen molar-refractivity contribution in [3.8, 4) is 11.3 Å². The average Bonchev–Trinajstić information content (AvgIpc) is 2.47. The molecular formula is C14H12ClFN2O2. The van der Waals surface area contributed by atoms with E-state index in [2.05, 4.69) is 4.98 Å². The van der Waals surface area contributed by atoms with Crippen molar-refractivity contribution >= 4 is 23.1 Å². The standard InChI is InChI=1S/C14H12ClFN2O2/c1-2-12(19)10-6-8(15)7-17-14(10)9-4-3-5-11(18-20)13(9)16/h3-7,18,20H,2H2,1H3. The highest BCUT2D eigenvalue weighted by atomic mass is 35.5. The van der Waals surface area contributed by atoms with Gasteiger partial charge in [0, 0.05) is 23.7 Å². The van der Waals surface area contributed by atoms with Crippen LogP contribution in [0.1, 0.15) is 23.7 Å². The van der Waals surface area contributed by atoms with E-state index in [9.17, 15) is 9.18 Å². The summed E-state index contributed by atoms with van der Waals surface area (Å²) in [5.74, 6) is -0.869. The third kappa shape index (κ3) is 2.64. The van der Waals surface area contributed by atoms with Crippen LogP contribution in [-0.4, -0.2) is 16.0 Å². The highest BCUT2D eigenvalue weighted by Gasteiger charge is 2.18. The minimum absolute atomic E-state index is 0.0888. The molecule has 0 spiro atoms. The molecule has 0 bridgehead atoms. The predicted octanol–water partition coefficient (Wildman–Crippen LogP) is 3.93. The summed E-state index contributed by atoms with van der Waals surface area (Å²) in [7, 11) is 0. The molecule has 0 unspecified atom stereocenters. The molecule has 0 radical (unpaired) electrons. The van der Waals surface area contributed by atoms with Gasteiger partial charge in [0.15, 0.2) is 11.6 Å². The van der Waals surface area contributed by atoms with Crippen LogP contribution in [0.15, 0.2) is 30.5 Å². The summed E-state index contributed by atoms with van der Waals surface area (Å²) >= 11 is 5.84. The fraction of sp³-hybridized carbons (Fsp3) is 0.143. The van der Waals surface area contributed by atoms with E-state index in [1.54, 1.807) is 18.5 Å². The van der Waals surface area contributed by atoms with Crippen molar-refractivity contribution in [2.75, 3.05) is 5.48 Å². The Labute approximate surface area is 120 Å². The predicted molar refractivity (Wildman–Crippen MR) is 74.7 cm³/mol. The third-order valence-corrected chi connectivity index (χ3v) is 3.06. The van der Waals surface area contributed by atoms with E-state index in [1.807, 2.05) is 0 Å². The molecule has 0 aliphatic carbocycles. The van der Waals surface area contributed by atoms with Crippen LogP contribution in [0.25, 0.3) is 11.3 Å². The van der Waals surface area contributed by atoms with Crippen LogP contribution in [0.3, 0.4) is 0 Å². The third-order valence-electron chi connectivity index (χ3n) is 2.85. The number of Topliss-reactive ketones (excluding diaryl/α,β-unsaturated/α-hetero) is 1. The molecule has 20 heavy (non-hydrogen) atoms. The normalized spacial score (nSPS) is 10.4. The molecule has 1 aromatic carbocycles. The summed E-state index contributed by atoms with van der Waals surface area (Å²) in [6.07, 6.45) is 1.61. The monoisotopic (exact) mass is 294 g/mol. The second-order valence-electron chi connectivity index (χ2n) is 4.11. The number of hydrogen-bond donors (Lipinski definition) is 2. The minimum Gasteiger partial charge on any atom is -0.294 e. The molecule has 2 N–H and O–H groups in total. The summed E-state index contributed by atoms with van der Waals surface area (Å²) in [6.45, 7) is 1.70. The summed E-state index contributed by atoms with van der Waals surface area (Å²) in [6, 6.07) is 5.87. The zero-order chi connectivity index (χ0) is 14.7. The van der Waals surface area contributed by atoms with Crippen molar-refractivity contribution in [1.82, 2.24) is 4.98 Å². The van der Waals surface area contributed by atoms with Gasteiger partial charge in [0.1, 0.15) is 0 Å². The van der Waals surface area contributed by atoms with Gasteiger partial charge in [-0.2, -0.15) is 0 Å². The highest BCUT2D eigenvalue weighted by molar-refractivity contribution is 6.31. The number of hydrogen-bond acceptors (Lipinski definition) is 4. The van der Waals surface area contributed by atoms with Crippen molar-refractivity contribution in [1.29, 1.82) is 0 Å². The van der Waals surface area contributed by atoms with Gasteiger partial charge in [0.25, 0.3) is 0 Å². The van der Waals surface area contributed by atoms with Crippen LogP contribution < -0.4 is 5.48 Å². The van der Waals surface area contributed by atoms with Crippen molar-refractivity contribution < 1.29 is 14.4 Å². The Morgan fingerprint density at radius 2 is 2.25 bits per heavy atom. The quantitative estimate of drug-likeness (QED) is 0.662. The number of carbonyl (C=O) groups is 1. The van der Waals surface area contributed by atoms with Crippen LogP contribution >= 0.6 is 11.6 Å². The maximum atomic E-state index is 14.2. The smallest absolute Gasteiger partial charge is 0.164 e. The Balaban J connectivity index is 2.67. The molecule has 1 aromatic heterocycles. The molecule has 0 amide bonds. The fourth-order valence-electron chi connectivity index (χ4n) is 1.86. The van der Waals surface area contributed by atoms with E-state index in [4.69, 9.17) is 16.8 Å². The number of aromatic nitrogens is 1. The number of anilines is 1. The van der Waals surface area contributed by atoms with Crippen LogP contribution in [0.2, 0.25) is 5.02 Å². The largest absolute Gasteiger partial charge is 0.294 e. The van der Waals surface area contributed by atoms with Crippen LogP contribution in [-0.2, 0) is 0 Å². The Kier molecular flexibility index (Phi) is 4.32. The molecule has 2 rings (SSSR count). The number of benzene rings is 1. The molecule has 0 fully saturated rings. The average molecular weight is 295 g/mol. The number of nitrogens with one attached hydrogen (secondary N) is 1. The SMILES string of the molecule is CCC(=O)c1cc(Cl)cnc1-c1cccc(NO)c1F. The number of pyridine rings is 1. The Hall–Kier alpha value is -1.98. The Morgan fingerprint density at radius 1 is 1.50 bits per heavy atom. The van der Waals surface area contributed by atoms with E-state index >= 15 is 0 Å². The van der Waals surface area contributed by atoms with Crippen LogP contribution in [0.4, 0.5) is 10.1 Å². The summed E-state index contributed by atoms with van der Waals surface area (Å²) in [5, 5.41) is 9.17. The summed E-state index contributed by atoms with van der Waals surface area (Å²) in [4.78, 5) is 16.0. The maximum Gasteiger partial charge on any atom is 0.164 e. The van der Waals surface area contributed by atoms with E-state index in [0.29, 0.717) is 5.02 Å². The summed E-state index contributed by atoms with van der Waals surface area (Å²) in [5.41, 5.74) is 2.26. The van der Waals surface area contributed by atoms with Crippen molar-refractivity contribution in [2.24, 2.45) is 0 Å². The highest BCUT2D eigenvalue weighted by Crippen LogP contribution is 2.30. The van der Waals surface area contributed by atoms with Gasteiger partial charge >= 0.3 is 0 Å². The lowest BCUT2D eigenvalue weighted by molar-refractivity contribution is 0.0988. The summed E-state index contributed by atoms with van der Waals surface area (Å²) < 4.78 is 14.2. The molecule has 0 aliphatic heterocycles. The fourth-order valence-corrected chi connectivity index (χ4v) is 2.02. The molecular weight excluding hydrogens is 283 g/mol. The van der Waals surface area contributed by atoms with Gasteiger partial charge in [-0.15, -0.1) is 0 Å². The van der Waals surface area contributed by atoms with E-state index < -0.39 is 5.82 Å². The topological polar surface area (TPSA) is 62.2 Å². The maximum absolute atomic E-state index is 14.2. The number of rotatable bonds is 4. The first kappa shape index (κ1) is 14.4. The molecule has 2 aromatic rings. The molecule has 0 saturated carbocycles. The zero-order valence-corrected chi connectivity index (χ0v) is 11.4. The molecule has 6 heteroatoms. The molecule has 4 nitrogen and oxygen atoms in total. The second-order valence-corrected chi connectivity index (χ2v) is 4.54. The zero-order valence-electron chi connectivity index (χ0n) is 10.7. The molecule has 1 heterocycles. The first-order valence-corrected chi connectivity index (χ1v) is 6.34. The number of nitrogens with zero attached hydrogens (tertiary/aromatic N) is 1. The molecule has 0 atom stereocenters. The second kappa shape index (κ2) is 5.98. The van der Waals surface area contributed by atoms with Gasteiger partial charge in [-0.1, -0.05) is 24.6 Å². The molecule has 0 saturated heterocycles. The van der Waals surface area contributed by atoms with E-state index in [-0.39, 0.29) is 34.7 Å². The molecule has 0 aliphatic rings. The van der Waals surface area contributed by atoms with E-state index in [0.717, 1.165) is 0 Å². The van der Waals surface area contributed by atoms with Crippen LogP contribution in [0, 0.1) is 5.82 Å². The number of ketones is 1. The van der Waals surface area contributed by atoms with Crippen molar-refractivity contribution in [2.45, 2.75) is 13.3 Å². The van der Waals surface area contributed by atoms with Gasteiger partial charge in [0.2, 0.25) is 0 Å². The lowest BCUT2D eigenvalue weighted by atomic mass is 10.0. The van der Waals surface area contributed by atoms with Gasteiger partial charge in [-0.3, -0.25) is 20.5 Å². The van der Waals surface area contributed by atoms with E-state index in [1.165, 1.54) is 24.4 Å². The van der Waals surface area contributed by atoms with Crippen molar-refractivity contribution in [3.05, 3.63) is 46.9 Å². The minimum atomic E-state index is -0.685. The van der Waals surface area contributed by atoms with Crippen molar-refractivity contribution in [3.63, 3.8) is 0 Å².